The maximum atomic E-state index is 10.9. The number of hydrogen-bond donors (Lipinski definition) is 0. The van der Waals surface area contributed by atoms with Crippen LogP contribution in [0.1, 0.15) is 12.1 Å². The van der Waals surface area contributed by atoms with Gasteiger partial charge in [-0.2, -0.15) is 0 Å². The minimum atomic E-state index is -1.07. The SMILES string of the molecule is COc1ccc(Cl)cc1-n1c(CCC(=O)[O-])ccc1-c1cccs1. The van der Waals surface area contributed by atoms with E-state index < -0.39 is 5.97 Å². The molecule has 0 aliphatic heterocycles. The number of nitrogens with zero attached hydrogens (tertiary/aromatic N) is 1. The summed E-state index contributed by atoms with van der Waals surface area (Å²) in [6.07, 6.45) is 0.320. The van der Waals surface area contributed by atoms with Gasteiger partial charge in [-0.1, -0.05) is 17.7 Å². The Bertz CT molecular complexity index is 855. The van der Waals surface area contributed by atoms with Gasteiger partial charge in [-0.25, -0.2) is 0 Å². The molecule has 0 bridgehead atoms. The average molecular weight is 361 g/mol. The van der Waals surface area contributed by atoms with Crippen LogP contribution in [-0.2, 0) is 11.2 Å². The fraction of sp³-hybridized carbons (Fsp3) is 0.167. The molecule has 0 radical (unpaired) electrons. The lowest BCUT2D eigenvalue weighted by molar-refractivity contribution is -0.305. The zero-order valence-electron chi connectivity index (χ0n) is 13.0. The molecule has 0 N–H and O–H groups in total. The molecule has 0 amide bonds. The summed E-state index contributed by atoms with van der Waals surface area (Å²) in [5.74, 6) is -0.401. The fourth-order valence-corrected chi connectivity index (χ4v) is 3.55. The smallest absolute Gasteiger partial charge is 0.142 e. The van der Waals surface area contributed by atoms with E-state index in [0.29, 0.717) is 17.2 Å². The highest BCUT2D eigenvalue weighted by atomic mass is 35.5. The van der Waals surface area contributed by atoms with Gasteiger partial charge < -0.3 is 19.2 Å². The largest absolute Gasteiger partial charge is 0.550 e. The van der Waals surface area contributed by atoms with Gasteiger partial charge in [0, 0.05) is 16.7 Å². The first kappa shape index (κ1) is 16.6. The number of aryl methyl sites for hydroxylation is 1. The highest BCUT2D eigenvalue weighted by Gasteiger charge is 2.16. The van der Waals surface area contributed by atoms with Crippen LogP contribution in [-0.4, -0.2) is 17.6 Å². The molecule has 2 aromatic heterocycles. The van der Waals surface area contributed by atoms with Crippen molar-refractivity contribution in [3.8, 4) is 22.0 Å². The van der Waals surface area contributed by atoms with Crippen molar-refractivity contribution in [2.45, 2.75) is 12.8 Å². The first-order valence-corrected chi connectivity index (χ1v) is 8.64. The van der Waals surface area contributed by atoms with Gasteiger partial charge >= 0.3 is 0 Å². The third kappa shape index (κ3) is 3.32. The molecule has 2 heterocycles. The number of ether oxygens (including phenoxy) is 1. The molecular formula is C18H15ClNO3S-. The number of aromatic nitrogens is 1. The third-order valence-corrected chi connectivity index (χ3v) is 4.83. The van der Waals surface area contributed by atoms with Gasteiger partial charge in [0.1, 0.15) is 5.75 Å². The third-order valence-electron chi connectivity index (χ3n) is 3.70. The van der Waals surface area contributed by atoms with Gasteiger partial charge in [-0.3, -0.25) is 0 Å². The number of thiophene rings is 1. The number of benzene rings is 1. The van der Waals surface area contributed by atoms with Crippen LogP contribution < -0.4 is 9.84 Å². The van der Waals surface area contributed by atoms with E-state index in [1.165, 1.54) is 0 Å². The molecule has 0 spiro atoms. The summed E-state index contributed by atoms with van der Waals surface area (Å²) in [6.45, 7) is 0. The molecule has 0 aliphatic carbocycles. The molecule has 0 saturated heterocycles. The van der Waals surface area contributed by atoms with Crippen molar-refractivity contribution in [3.63, 3.8) is 0 Å². The highest BCUT2D eigenvalue weighted by molar-refractivity contribution is 7.13. The number of hydrogen-bond acceptors (Lipinski definition) is 4. The van der Waals surface area contributed by atoms with Crippen LogP contribution in [0.5, 0.6) is 5.75 Å². The lowest BCUT2D eigenvalue weighted by Crippen LogP contribution is -2.22. The van der Waals surface area contributed by atoms with Gasteiger partial charge in [0.25, 0.3) is 0 Å². The van der Waals surface area contributed by atoms with Crippen LogP contribution in [0.25, 0.3) is 16.3 Å². The minimum absolute atomic E-state index is 0.0449. The second-order valence-corrected chi connectivity index (χ2v) is 6.59. The predicted molar refractivity (Wildman–Crippen MR) is 94.0 cm³/mol. The number of aliphatic carboxylic acids is 1. The Hall–Kier alpha value is -2.24. The van der Waals surface area contributed by atoms with Crippen LogP contribution in [0, 0.1) is 0 Å². The molecule has 1 aromatic carbocycles. The van der Waals surface area contributed by atoms with Crippen LogP contribution in [0.15, 0.2) is 47.8 Å². The van der Waals surface area contributed by atoms with E-state index in [9.17, 15) is 9.90 Å². The number of halogens is 1. The summed E-state index contributed by atoms with van der Waals surface area (Å²) in [6, 6.07) is 13.3. The van der Waals surface area contributed by atoms with Crippen LogP contribution in [0.2, 0.25) is 5.02 Å². The van der Waals surface area contributed by atoms with Gasteiger partial charge in [-0.05, 0) is 54.6 Å². The second kappa shape index (κ2) is 7.11. The Kier molecular flexibility index (Phi) is 4.92. The van der Waals surface area contributed by atoms with Gasteiger partial charge in [0.15, 0.2) is 0 Å². The van der Waals surface area contributed by atoms with E-state index in [2.05, 4.69) is 0 Å². The van der Waals surface area contributed by atoms with Gasteiger partial charge in [0.2, 0.25) is 0 Å². The topological polar surface area (TPSA) is 54.3 Å². The van der Waals surface area contributed by atoms with E-state index in [4.69, 9.17) is 16.3 Å². The van der Waals surface area contributed by atoms with Crippen molar-refractivity contribution >= 4 is 28.9 Å². The van der Waals surface area contributed by atoms with Crippen LogP contribution in [0.3, 0.4) is 0 Å². The molecule has 0 saturated carbocycles. The molecule has 4 nitrogen and oxygen atoms in total. The Labute approximate surface area is 148 Å². The molecule has 6 heteroatoms. The average Bonchev–Trinajstić information content (AvgIpc) is 3.21. The first-order valence-electron chi connectivity index (χ1n) is 7.38. The van der Waals surface area contributed by atoms with E-state index >= 15 is 0 Å². The number of carbonyl (C=O) groups excluding carboxylic acids is 1. The van der Waals surface area contributed by atoms with Crippen molar-refractivity contribution in [2.75, 3.05) is 7.11 Å². The zero-order valence-corrected chi connectivity index (χ0v) is 14.6. The normalized spacial score (nSPS) is 10.8. The summed E-state index contributed by atoms with van der Waals surface area (Å²) >= 11 is 7.79. The molecular weight excluding hydrogens is 346 g/mol. The number of carbonyl (C=O) groups is 1. The maximum absolute atomic E-state index is 10.9. The first-order chi connectivity index (χ1) is 11.6. The molecule has 0 atom stereocenters. The standard InChI is InChI=1S/C18H16ClNO3S/c1-23-16-8-4-12(19)11-15(16)20-13(6-9-18(21)22)5-7-14(20)17-3-2-10-24-17/h2-5,7-8,10-11H,6,9H2,1H3,(H,21,22)/p-1. The summed E-state index contributed by atoms with van der Waals surface area (Å²) in [5, 5.41) is 13.5. The maximum Gasteiger partial charge on any atom is 0.142 e. The minimum Gasteiger partial charge on any atom is -0.550 e. The number of rotatable bonds is 6. The van der Waals surface area contributed by atoms with E-state index in [1.807, 2.05) is 40.3 Å². The quantitative estimate of drug-likeness (QED) is 0.675. The molecule has 3 rings (SSSR count). The molecule has 0 unspecified atom stereocenters. The molecule has 124 valence electrons. The summed E-state index contributed by atoms with van der Waals surface area (Å²) in [7, 11) is 1.60. The molecule has 0 aliphatic rings. The van der Waals surface area contributed by atoms with E-state index in [-0.39, 0.29) is 6.42 Å². The molecule has 24 heavy (non-hydrogen) atoms. The van der Waals surface area contributed by atoms with Crippen LogP contribution >= 0.6 is 22.9 Å². The lowest BCUT2D eigenvalue weighted by atomic mass is 10.2. The summed E-state index contributed by atoms with van der Waals surface area (Å²) in [4.78, 5) is 11.9. The van der Waals surface area contributed by atoms with Crippen molar-refractivity contribution in [1.29, 1.82) is 0 Å². The van der Waals surface area contributed by atoms with Crippen LogP contribution in [0.4, 0.5) is 0 Å². The predicted octanol–water partition coefficient (Wildman–Crippen LogP) is 3.55. The number of methoxy groups -OCH3 is 1. The van der Waals surface area contributed by atoms with E-state index in [0.717, 1.165) is 22.0 Å². The Balaban J connectivity index is 2.18. The second-order valence-electron chi connectivity index (χ2n) is 5.21. The molecule has 0 fully saturated rings. The Morgan fingerprint density at radius 2 is 2.12 bits per heavy atom. The number of carboxylic acid groups (broad SMARTS) is 1. The summed E-state index contributed by atoms with van der Waals surface area (Å²) in [5.41, 5.74) is 2.62. The highest BCUT2D eigenvalue weighted by Crippen LogP contribution is 2.35. The fourth-order valence-electron chi connectivity index (χ4n) is 2.64. The van der Waals surface area contributed by atoms with Crippen molar-refractivity contribution < 1.29 is 14.6 Å². The Morgan fingerprint density at radius 1 is 1.29 bits per heavy atom. The lowest BCUT2D eigenvalue weighted by Gasteiger charge is -2.17. The van der Waals surface area contributed by atoms with E-state index in [1.54, 1.807) is 30.6 Å². The summed E-state index contributed by atoms with van der Waals surface area (Å²) < 4.78 is 7.47. The zero-order chi connectivity index (χ0) is 17.1. The number of carboxylic acids is 1. The van der Waals surface area contributed by atoms with Crippen molar-refractivity contribution in [1.82, 2.24) is 4.57 Å². The molecule has 3 aromatic rings. The van der Waals surface area contributed by atoms with Crippen molar-refractivity contribution in [2.24, 2.45) is 0 Å². The van der Waals surface area contributed by atoms with Crippen molar-refractivity contribution in [3.05, 3.63) is 58.6 Å². The monoisotopic (exact) mass is 360 g/mol. The Morgan fingerprint density at radius 3 is 2.79 bits per heavy atom. The van der Waals surface area contributed by atoms with Gasteiger partial charge in [-0.15, -0.1) is 11.3 Å². The van der Waals surface area contributed by atoms with Gasteiger partial charge in [0.05, 0.1) is 23.4 Å².